The highest BCUT2D eigenvalue weighted by Crippen LogP contribution is 2.05. The first-order valence-electron chi connectivity index (χ1n) is 5.38. The molecule has 0 saturated carbocycles. The molecule has 0 saturated heterocycles. The van der Waals surface area contributed by atoms with E-state index in [4.69, 9.17) is 0 Å². The Morgan fingerprint density at radius 1 is 1.21 bits per heavy atom. The molecule has 0 aliphatic rings. The number of allylic oxidation sites excluding steroid dienone is 5. The lowest BCUT2D eigenvalue weighted by Gasteiger charge is -2.22. The average Bonchev–Trinajstić information content (AvgIpc) is 2.21. The summed E-state index contributed by atoms with van der Waals surface area (Å²) in [6, 6.07) is 0. The zero-order valence-electron chi connectivity index (χ0n) is 10.0. The Kier molecular flexibility index (Phi) is 6.91. The molecule has 0 rings (SSSR count). The highest BCUT2D eigenvalue weighted by molar-refractivity contribution is 5.21. The van der Waals surface area contributed by atoms with Gasteiger partial charge in [0.05, 0.1) is 0 Å². The summed E-state index contributed by atoms with van der Waals surface area (Å²) >= 11 is 0. The first-order chi connectivity index (χ1) is 6.65. The van der Waals surface area contributed by atoms with E-state index in [-0.39, 0.29) is 0 Å². The summed E-state index contributed by atoms with van der Waals surface area (Å²) in [6.45, 7) is 14.6. The summed E-state index contributed by atoms with van der Waals surface area (Å²) < 4.78 is 0. The molecule has 0 heterocycles. The van der Waals surface area contributed by atoms with E-state index in [1.54, 1.807) is 0 Å². The van der Waals surface area contributed by atoms with Gasteiger partial charge in [0.1, 0.15) is 0 Å². The van der Waals surface area contributed by atoms with Crippen LogP contribution in [0.1, 0.15) is 34.1 Å². The van der Waals surface area contributed by atoms with Crippen molar-refractivity contribution in [3.05, 3.63) is 36.1 Å². The first-order valence-corrected chi connectivity index (χ1v) is 5.38. The second-order valence-corrected chi connectivity index (χ2v) is 3.50. The van der Waals surface area contributed by atoms with Gasteiger partial charge in [-0.05, 0) is 33.3 Å². The van der Waals surface area contributed by atoms with Crippen molar-refractivity contribution < 1.29 is 0 Å². The SMILES string of the molecule is C=C/C(C)=C\C=C(/C)N(CC)CCC. The van der Waals surface area contributed by atoms with Gasteiger partial charge >= 0.3 is 0 Å². The van der Waals surface area contributed by atoms with E-state index in [1.807, 2.05) is 6.08 Å². The van der Waals surface area contributed by atoms with Crippen molar-refractivity contribution in [2.24, 2.45) is 0 Å². The molecule has 0 spiro atoms. The molecule has 0 fully saturated rings. The summed E-state index contributed by atoms with van der Waals surface area (Å²) in [5.41, 5.74) is 2.53. The molecule has 0 radical (unpaired) electrons. The Balaban J connectivity index is 4.39. The van der Waals surface area contributed by atoms with Gasteiger partial charge in [0.2, 0.25) is 0 Å². The molecule has 1 nitrogen and oxygen atoms in total. The molecule has 0 amide bonds. The highest BCUT2D eigenvalue weighted by atomic mass is 15.1. The quantitative estimate of drug-likeness (QED) is 0.581. The Labute approximate surface area is 88.8 Å². The molecule has 14 heavy (non-hydrogen) atoms. The Morgan fingerprint density at radius 3 is 2.29 bits per heavy atom. The van der Waals surface area contributed by atoms with Gasteiger partial charge in [0, 0.05) is 18.8 Å². The van der Waals surface area contributed by atoms with E-state index in [1.165, 1.54) is 17.7 Å². The third kappa shape index (κ3) is 4.90. The van der Waals surface area contributed by atoms with Crippen LogP contribution in [-0.4, -0.2) is 18.0 Å². The Hall–Kier alpha value is -0.980. The van der Waals surface area contributed by atoms with Gasteiger partial charge in [-0.1, -0.05) is 31.2 Å². The molecular formula is C13H23N. The van der Waals surface area contributed by atoms with Gasteiger partial charge in [-0.3, -0.25) is 0 Å². The molecule has 0 N–H and O–H groups in total. The van der Waals surface area contributed by atoms with Gasteiger partial charge < -0.3 is 4.90 Å². The van der Waals surface area contributed by atoms with Gasteiger partial charge in [-0.25, -0.2) is 0 Å². The standard InChI is InChI=1S/C13H23N/c1-6-11-14(8-3)13(5)10-9-12(4)7-2/h7,9-10H,2,6,8,11H2,1,3-5H3/b12-9-,13-10+. The largest absolute Gasteiger partial charge is 0.375 e. The molecule has 0 atom stereocenters. The maximum atomic E-state index is 3.73. The van der Waals surface area contributed by atoms with Crippen molar-refractivity contribution in [3.63, 3.8) is 0 Å². The van der Waals surface area contributed by atoms with Gasteiger partial charge in [-0.15, -0.1) is 0 Å². The molecule has 1 heteroatoms. The average molecular weight is 193 g/mol. The normalized spacial score (nSPS) is 12.9. The van der Waals surface area contributed by atoms with Crippen LogP contribution >= 0.6 is 0 Å². The van der Waals surface area contributed by atoms with Crippen LogP contribution in [0.15, 0.2) is 36.1 Å². The zero-order valence-corrected chi connectivity index (χ0v) is 10.0. The number of hydrogen-bond acceptors (Lipinski definition) is 1. The molecule has 0 aromatic rings. The maximum Gasteiger partial charge on any atom is 0.0172 e. The molecule has 0 bridgehead atoms. The number of hydrogen-bond donors (Lipinski definition) is 0. The second kappa shape index (κ2) is 7.43. The van der Waals surface area contributed by atoms with E-state index in [9.17, 15) is 0 Å². The molecule has 0 aliphatic carbocycles. The van der Waals surface area contributed by atoms with Crippen LogP contribution in [0.4, 0.5) is 0 Å². The van der Waals surface area contributed by atoms with E-state index in [0.717, 1.165) is 13.1 Å². The molecule has 0 aromatic carbocycles. The van der Waals surface area contributed by atoms with Crippen molar-refractivity contribution in [1.29, 1.82) is 0 Å². The van der Waals surface area contributed by atoms with Crippen LogP contribution in [0.3, 0.4) is 0 Å². The summed E-state index contributed by atoms with van der Waals surface area (Å²) in [6.07, 6.45) is 7.35. The number of rotatable bonds is 6. The van der Waals surface area contributed by atoms with E-state index < -0.39 is 0 Å². The van der Waals surface area contributed by atoms with Crippen molar-refractivity contribution >= 4 is 0 Å². The Morgan fingerprint density at radius 2 is 1.86 bits per heavy atom. The molecule has 0 unspecified atom stereocenters. The molecule has 80 valence electrons. The third-order valence-corrected chi connectivity index (χ3v) is 2.28. The number of nitrogens with zero attached hydrogens (tertiary/aromatic N) is 1. The lowest BCUT2D eigenvalue weighted by molar-refractivity contribution is 0.363. The fourth-order valence-corrected chi connectivity index (χ4v) is 1.28. The van der Waals surface area contributed by atoms with Crippen LogP contribution in [0, 0.1) is 0 Å². The van der Waals surface area contributed by atoms with Crippen LogP contribution in [0.25, 0.3) is 0 Å². The third-order valence-electron chi connectivity index (χ3n) is 2.28. The van der Waals surface area contributed by atoms with Crippen LogP contribution in [-0.2, 0) is 0 Å². The smallest absolute Gasteiger partial charge is 0.0172 e. The van der Waals surface area contributed by atoms with Crippen molar-refractivity contribution in [2.45, 2.75) is 34.1 Å². The maximum absolute atomic E-state index is 3.73. The lowest BCUT2D eigenvalue weighted by Crippen LogP contribution is -2.21. The molecule has 0 aromatic heterocycles. The van der Waals surface area contributed by atoms with Gasteiger partial charge in [0.15, 0.2) is 0 Å². The minimum Gasteiger partial charge on any atom is -0.375 e. The summed E-state index contributed by atoms with van der Waals surface area (Å²) in [5.74, 6) is 0. The fraction of sp³-hybridized carbons (Fsp3) is 0.538. The minimum atomic E-state index is 1.08. The van der Waals surface area contributed by atoms with E-state index in [2.05, 4.69) is 51.3 Å². The summed E-state index contributed by atoms with van der Waals surface area (Å²) in [5, 5.41) is 0. The van der Waals surface area contributed by atoms with Crippen LogP contribution in [0.2, 0.25) is 0 Å². The predicted molar refractivity (Wildman–Crippen MR) is 65.2 cm³/mol. The fourth-order valence-electron chi connectivity index (χ4n) is 1.28. The Bertz CT molecular complexity index is 223. The highest BCUT2D eigenvalue weighted by Gasteiger charge is 1.98. The van der Waals surface area contributed by atoms with Crippen molar-refractivity contribution in [2.75, 3.05) is 13.1 Å². The molecular weight excluding hydrogens is 170 g/mol. The van der Waals surface area contributed by atoms with Gasteiger partial charge in [-0.2, -0.15) is 0 Å². The summed E-state index contributed by atoms with van der Waals surface area (Å²) in [7, 11) is 0. The van der Waals surface area contributed by atoms with E-state index in [0.29, 0.717) is 0 Å². The monoisotopic (exact) mass is 193 g/mol. The minimum absolute atomic E-state index is 1.08. The topological polar surface area (TPSA) is 3.24 Å². The van der Waals surface area contributed by atoms with Crippen molar-refractivity contribution in [3.8, 4) is 0 Å². The van der Waals surface area contributed by atoms with Crippen LogP contribution in [0.5, 0.6) is 0 Å². The van der Waals surface area contributed by atoms with Crippen LogP contribution < -0.4 is 0 Å². The predicted octanol–water partition coefficient (Wildman–Crippen LogP) is 3.75. The lowest BCUT2D eigenvalue weighted by atomic mass is 10.2. The summed E-state index contributed by atoms with van der Waals surface area (Å²) in [4.78, 5) is 2.38. The van der Waals surface area contributed by atoms with Crippen molar-refractivity contribution in [1.82, 2.24) is 4.90 Å². The second-order valence-electron chi connectivity index (χ2n) is 3.50. The molecule has 0 aliphatic heterocycles. The first kappa shape index (κ1) is 13.0. The van der Waals surface area contributed by atoms with E-state index >= 15 is 0 Å². The van der Waals surface area contributed by atoms with Gasteiger partial charge in [0.25, 0.3) is 0 Å². The zero-order chi connectivity index (χ0) is 11.0.